The van der Waals surface area contributed by atoms with Gasteiger partial charge in [0.2, 0.25) is 5.89 Å². The van der Waals surface area contributed by atoms with Gasteiger partial charge >= 0.3 is 0 Å². The molecule has 168 valence electrons. The fourth-order valence-electron chi connectivity index (χ4n) is 3.68. The number of rotatable bonds is 5. The number of carbonyl (C=O) groups is 1. The number of nitrogens with one attached hydrogen (secondary N) is 1. The predicted molar refractivity (Wildman–Crippen MR) is 125 cm³/mol. The minimum atomic E-state index is -0.486. The zero-order chi connectivity index (χ0) is 23.8. The quantitative estimate of drug-likeness (QED) is 0.258. The Bertz CT molecular complexity index is 1530. The molecule has 1 N–H and O–H groups in total. The van der Waals surface area contributed by atoms with Gasteiger partial charge in [0.05, 0.1) is 10.5 Å². The monoisotopic (exact) mass is 454 g/mol. The zero-order valence-electron chi connectivity index (χ0n) is 18.2. The van der Waals surface area contributed by atoms with Crippen molar-refractivity contribution >= 4 is 28.5 Å². The highest BCUT2D eigenvalue weighted by molar-refractivity contribution is 6.03. The molecular weight excluding hydrogens is 436 g/mol. The lowest BCUT2D eigenvalue weighted by atomic mass is 10.1. The third-order valence-corrected chi connectivity index (χ3v) is 5.42. The minimum absolute atomic E-state index is 0.0285. The predicted octanol–water partition coefficient (Wildman–Crippen LogP) is 5.93. The fraction of sp³-hybridized carbons (Fsp3) is 0.0800. The van der Waals surface area contributed by atoms with Crippen molar-refractivity contribution in [3.05, 3.63) is 93.9 Å². The second-order valence-corrected chi connectivity index (χ2v) is 7.72. The van der Waals surface area contributed by atoms with E-state index in [2.05, 4.69) is 15.3 Å². The molecule has 0 aliphatic heterocycles. The molecular formula is C25H18N4O5. The zero-order valence-corrected chi connectivity index (χ0v) is 18.2. The third-order valence-electron chi connectivity index (χ3n) is 5.42. The van der Waals surface area contributed by atoms with Crippen LogP contribution in [0.3, 0.4) is 0 Å². The van der Waals surface area contributed by atoms with Crippen LogP contribution in [-0.4, -0.2) is 20.8 Å². The maximum atomic E-state index is 12.9. The summed E-state index contributed by atoms with van der Waals surface area (Å²) in [6, 6.07) is 16.8. The number of pyridine rings is 1. The lowest BCUT2D eigenvalue weighted by Crippen LogP contribution is -2.12. The number of furan rings is 1. The van der Waals surface area contributed by atoms with Crippen molar-refractivity contribution in [3.63, 3.8) is 0 Å². The summed E-state index contributed by atoms with van der Waals surface area (Å²) in [5.41, 5.74) is 4.06. The van der Waals surface area contributed by atoms with Crippen molar-refractivity contribution in [3.8, 4) is 22.8 Å². The van der Waals surface area contributed by atoms with Gasteiger partial charge in [-0.1, -0.05) is 12.1 Å². The number of hydrogen-bond donors (Lipinski definition) is 1. The Morgan fingerprint density at radius 3 is 2.65 bits per heavy atom. The van der Waals surface area contributed by atoms with Gasteiger partial charge in [0, 0.05) is 23.5 Å². The van der Waals surface area contributed by atoms with Gasteiger partial charge in [-0.25, -0.2) is 4.98 Å². The van der Waals surface area contributed by atoms with Crippen LogP contribution in [0.25, 0.3) is 34.0 Å². The maximum absolute atomic E-state index is 12.9. The summed E-state index contributed by atoms with van der Waals surface area (Å²) < 4.78 is 11.5. The molecule has 9 heteroatoms. The molecule has 5 rings (SSSR count). The van der Waals surface area contributed by atoms with Gasteiger partial charge in [-0.15, -0.1) is 0 Å². The van der Waals surface area contributed by atoms with E-state index in [-0.39, 0.29) is 17.2 Å². The summed E-state index contributed by atoms with van der Waals surface area (Å²) in [4.78, 5) is 32.5. The largest absolute Gasteiger partial charge is 0.451 e. The highest BCUT2D eigenvalue weighted by Crippen LogP contribution is 2.33. The van der Waals surface area contributed by atoms with Crippen molar-refractivity contribution < 1.29 is 18.6 Å². The molecule has 0 saturated carbocycles. The second-order valence-electron chi connectivity index (χ2n) is 7.72. The molecule has 0 aliphatic carbocycles. The molecule has 0 radical (unpaired) electrons. The van der Waals surface area contributed by atoms with E-state index in [0.29, 0.717) is 33.9 Å². The number of oxazole rings is 1. The summed E-state index contributed by atoms with van der Waals surface area (Å²) in [6.07, 6.45) is 1.64. The first-order valence-corrected chi connectivity index (χ1v) is 10.4. The topological polar surface area (TPSA) is 124 Å². The van der Waals surface area contributed by atoms with E-state index < -0.39 is 10.8 Å². The Balaban J connectivity index is 1.42. The molecule has 0 saturated heterocycles. The summed E-state index contributed by atoms with van der Waals surface area (Å²) in [6.45, 7) is 3.61. The minimum Gasteiger partial charge on any atom is -0.451 e. The second kappa shape index (κ2) is 8.28. The Morgan fingerprint density at radius 1 is 1.00 bits per heavy atom. The van der Waals surface area contributed by atoms with Gasteiger partial charge in [-0.2, -0.15) is 4.98 Å². The molecule has 1 amide bonds. The van der Waals surface area contributed by atoms with E-state index in [4.69, 9.17) is 8.83 Å². The van der Waals surface area contributed by atoms with Crippen molar-refractivity contribution in [2.75, 3.05) is 5.32 Å². The molecule has 0 bridgehead atoms. The van der Waals surface area contributed by atoms with Crippen LogP contribution < -0.4 is 5.32 Å². The fourth-order valence-corrected chi connectivity index (χ4v) is 3.68. The van der Waals surface area contributed by atoms with E-state index in [1.807, 2.05) is 13.0 Å². The highest BCUT2D eigenvalue weighted by Gasteiger charge is 2.21. The molecule has 0 aliphatic rings. The molecule has 3 heterocycles. The molecule has 0 unspecified atom stereocenters. The van der Waals surface area contributed by atoms with Crippen LogP contribution in [0.1, 0.15) is 21.7 Å². The molecule has 5 aromatic rings. The number of amides is 1. The van der Waals surface area contributed by atoms with Gasteiger partial charge in [0.25, 0.3) is 11.6 Å². The first-order valence-electron chi connectivity index (χ1n) is 10.4. The molecule has 2 aromatic carbocycles. The first kappa shape index (κ1) is 21.1. The summed E-state index contributed by atoms with van der Waals surface area (Å²) in [5, 5.41) is 14.3. The van der Waals surface area contributed by atoms with Crippen LogP contribution in [0.2, 0.25) is 0 Å². The van der Waals surface area contributed by atoms with Crippen molar-refractivity contribution in [2.45, 2.75) is 13.8 Å². The standard InChI is InChI=1S/C25H18N4O5/c1-14-8-9-17(19(13-14)29(31)32)20-10-11-22(33-20)24(30)27-18-6-3-5-16(15(18)2)25-28-23-21(34-25)7-4-12-26-23/h3-13H,1-2H3,(H,27,30). The number of benzene rings is 2. The number of nitro benzene ring substituents is 1. The Labute approximate surface area is 193 Å². The molecule has 0 spiro atoms. The van der Waals surface area contributed by atoms with Crippen LogP contribution in [0.15, 0.2) is 75.7 Å². The summed E-state index contributed by atoms with van der Waals surface area (Å²) in [5.74, 6) is 0.178. The number of nitrogens with zero attached hydrogens (tertiary/aromatic N) is 3. The van der Waals surface area contributed by atoms with Crippen molar-refractivity contribution in [1.82, 2.24) is 9.97 Å². The first-order chi connectivity index (χ1) is 16.4. The van der Waals surface area contributed by atoms with E-state index >= 15 is 0 Å². The van der Waals surface area contributed by atoms with Crippen LogP contribution in [-0.2, 0) is 0 Å². The lowest BCUT2D eigenvalue weighted by molar-refractivity contribution is -0.384. The smallest absolute Gasteiger partial charge is 0.291 e. The summed E-state index contributed by atoms with van der Waals surface area (Å²) >= 11 is 0. The number of aryl methyl sites for hydroxylation is 1. The van der Waals surface area contributed by atoms with E-state index in [1.54, 1.807) is 55.6 Å². The lowest BCUT2D eigenvalue weighted by Gasteiger charge is -2.10. The molecule has 0 fully saturated rings. The van der Waals surface area contributed by atoms with Gasteiger partial charge in [-0.05, 0) is 67.4 Å². The van der Waals surface area contributed by atoms with E-state index in [9.17, 15) is 14.9 Å². The number of hydrogen-bond acceptors (Lipinski definition) is 7. The molecule has 0 atom stereocenters. The van der Waals surface area contributed by atoms with E-state index in [1.165, 1.54) is 12.1 Å². The average molecular weight is 454 g/mol. The number of nitro groups is 1. The third kappa shape index (κ3) is 3.79. The Kier molecular flexibility index (Phi) is 5.14. The molecule has 9 nitrogen and oxygen atoms in total. The van der Waals surface area contributed by atoms with Crippen molar-refractivity contribution in [1.29, 1.82) is 0 Å². The van der Waals surface area contributed by atoms with Crippen molar-refractivity contribution in [2.24, 2.45) is 0 Å². The SMILES string of the molecule is Cc1ccc(-c2ccc(C(=O)Nc3cccc(-c4nc5ncccc5o4)c3C)o2)c([N+](=O)[O-])c1. The number of anilines is 1. The Hall–Kier alpha value is -4.79. The number of carbonyl (C=O) groups excluding carboxylic acids is 1. The van der Waals surface area contributed by atoms with Crippen LogP contribution in [0, 0.1) is 24.0 Å². The molecule has 34 heavy (non-hydrogen) atoms. The Morgan fingerprint density at radius 2 is 1.85 bits per heavy atom. The molecule has 3 aromatic heterocycles. The highest BCUT2D eigenvalue weighted by atomic mass is 16.6. The average Bonchev–Trinajstić information content (AvgIpc) is 3.48. The van der Waals surface area contributed by atoms with E-state index in [0.717, 1.165) is 11.1 Å². The van der Waals surface area contributed by atoms with Gasteiger partial charge in [-0.3, -0.25) is 14.9 Å². The maximum Gasteiger partial charge on any atom is 0.291 e. The number of fused-ring (bicyclic) bond motifs is 1. The number of aromatic nitrogens is 2. The normalized spacial score (nSPS) is 11.0. The van der Waals surface area contributed by atoms with Gasteiger partial charge in [0.15, 0.2) is 17.0 Å². The van der Waals surface area contributed by atoms with Crippen LogP contribution >= 0.6 is 0 Å². The van der Waals surface area contributed by atoms with Crippen LogP contribution in [0.5, 0.6) is 0 Å². The van der Waals surface area contributed by atoms with Crippen LogP contribution in [0.4, 0.5) is 11.4 Å². The summed E-state index contributed by atoms with van der Waals surface area (Å²) in [7, 11) is 0. The van der Waals surface area contributed by atoms with Gasteiger partial charge < -0.3 is 14.2 Å². The van der Waals surface area contributed by atoms with Gasteiger partial charge in [0.1, 0.15) is 5.76 Å².